The van der Waals surface area contributed by atoms with Crippen molar-refractivity contribution in [3.05, 3.63) is 46.8 Å². The van der Waals surface area contributed by atoms with Crippen LogP contribution in [0.1, 0.15) is 22.5 Å². The molecule has 0 N–H and O–H groups in total. The highest BCUT2D eigenvalue weighted by Crippen LogP contribution is 2.23. The summed E-state index contributed by atoms with van der Waals surface area (Å²) in [7, 11) is 1.61. The molecule has 5 nitrogen and oxygen atoms in total. The van der Waals surface area contributed by atoms with Crippen molar-refractivity contribution < 1.29 is 8.42 Å². The Morgan fingerprint density at radius 1 is 1.30 bits per heavy atom. The van der Waals surface area contributed by atoms with E-state index in [2.05, 4.69) is 5.10 Å². The normalized spacial score (nSPS) is 11.3. The Kier molecular flexibility index (Phi) is 3.84. The fourth-order valence-electron chi connectivity index (χ4n) is 2.04. The number of rotatable bonds is 3. The summed E-state index contributed by atoms with van der Waals surface area (Å²) in [5.41, 5.74) is 2.38. The largest absolute Gasteiger partial charge is 0.264 e. The quantitative estimate of drug-likeness (QED) is 0.816. The second-order valence-corrected chi connectivity index (χ2v) is 6.91. The molecular weight excluding hydrogens is 298 g/mol. The molecule has 0 atom stereocenters. The lowest BCUT2D eigenvalue weighted by Crippen LogP contribution is -2.04. The Labute approximate surface area is 121 Å². The van der Waals surface area contributed by atoms with E-state index in [0.29, 0.717) is 23.5 Å². The Morgan fingerprint density at radius 2 is 1.90 bits per heavy atom. The van der Waals surface area contributed by atoms with Crippen LogP contribution in [-0.2, 0) is 15.6 Å². The SMILES string of the molecule is Cc1nn(Cc2ccc(C#N)cc2)c(C)c1S(=O)(=O)Cl. The summed E-state index contributed by atoms with van der Waals surface area (Å²) in [5.74, 6) is 0. The molecule has 0 fully saturated rings. The minimum atomic E-state index is -3.80. The Morgan fingerprint density at radius 3 is 2.35 bits per heavy atom. The van der Waals surface area contributed by atoms with E-state index in [1.165, 1.54) is 0 Å². The highest BCUT2D eigenvalue weighted by Gasteiger charge is 2.22. The standard InChI is InChI=1S/C13H12ClN3O2S/c1-9-13(20(14,18)19)10(2)17(16-9)8-12-5-3-11(7-15)4-6-12/h3-6H,8H2,1-2H3. The van der Waals surface area contributed by atoms with Crippen LogP contribution in [0.3, 0.4) is 0 Å². The van der Waals surface area contributed by atoms with E-state index in [4.69, 9.17) is 15.9 Å². The maximum absolute atomic E-state index is 11.5. The Bertz CT molecular complexity index is 786. The summed E-state index contributed by atoms with van der Waals surface area (Å²) in [4.78, 5) is 0.0628. The summed E-state index contributed by atoms with van der Waals surface area (Å²) in [5, 5.41) is 12.9. The van der Waals surface area contributed by atoms with Crippen molar-refractivity contribution in [3.8, 4) is 6.07 Å². The zero-order valence-corrected chi connectivity index (χ0v) is 12.5. The van der Waals surface area contributed by atoms with E-state index in [9.17, 15) is 8.42 Å². The van der Waals surface area contributed by atoms with Crippen LogP contribution in [0.25, 0.3) is 0 Å². The van der Waals surface area contributed by atoms with Crippen molar-refractivity contribution in [2.45, 2.75) is 25.3 Å². The van der Waals surface area contributed by atoms with Crippen LogP contribution >= 0.6 is 10.7 Å². The molecule has 0 unspecified atom stereocenters. The first-order valence-electron chi connectivity index (χ1n) is 5.80. The van der Waals surface area contributed by atoms with Crippen LogP contribution in [0.4, 0.5) is 0 Å². The van der Waals surface area contributed by atoms with Gasteiger partial charge in [-0.05, 0) is 31.5 Å². The number of nitriles is 1. The van der Waals surface area contributed by atoms with E-state index >= 15 is 0 Å². The maximum atomic E-state index is 11.5. The topological polar surface area (TPSA) is 75.8 Å². The van der Waals surface area contributed by atoms with Gasteiger partial charge in [0.05, 0.1) is 29.6 Å². The van der Waals surface area contributed by atoms with E-state index < -0.39 is 9.05 Å². The molecule has 0 aliphatic rings. The number of hydrogen-bond acceptors (Lipinski definition) is 4. The van der Waals surface area contributed by atoms with Gasteiger partial charge < -0.3 is 0 Å². The molecule has 1 heterocycles. The van der Waals surface area contributed by atoms with Gasteiger partial charge in [0.15, 0.2) is 0 Å². The monoisotopic (exact) mass is 309 g/mol. The van der Waals surface area contributed by atoms with Crippen LogP contribution in [0, 0.1) is 25.2 Å². The third-order valence-electron chi connectivity index (χ3n) is 2.97. The smallest absolute Gasteiger partial charge is 0.264 e. The molecule has 0 radical (unpaired) electrons. The highest BCUT2D eigenvalue weighted by molar-refractivity contribution is 8.13. The van der Waals surface area contributed by atoms with E-state index in [1.54, 1.807) is 30.7 Å². The minimum Gasteiger partial charge on any atom is -0.264 e. The average molecular weight is 310 g/mol. The summed E-state index contributed by atoms with van der Waals surface area (Å²) in [6, 6.07) is 9.08. The Hall–Kier alpha value is -1.84. The van der Waals surface area contributed by atoms with Crippen LogP contribution in [0.15, 0.2) is 29.2 Å². The third kappa shape index (κ3) is 2.84. The molecule has 0 spiro atoms. The molecule has 0 aliphatic heterocycles. The van der Waals surface area contributed by atoms with E-state index in [0.717, 1.165) is 5.56 Å². The van der Waals surface area contributed by atoms with Gasteiger partial charge in [-0.3, -0.25) is 4.68 Å². The van der Waals surface area contributed by atoms with E-state index in [-0.39, 0.29) is 4.90 Å². The van der Waals surface area contributed by atoms with Gasteiger partial charge in [0.1, 0.15) is 4.90 Å². The zero-order chi connectivity index (χ0) is 14.9. The van der Waals surface area contributed by atoms with Crippen molar-refractivity contribution in [1.82, 2.24) is 9.78 Å². The molecule has 2 rings (SSSR count). The van der Waals surface area contributed by atoms with Crippen LogP contribution < -0.4 is 0 Å². The molecule has 0 saturated carbocycles. The summed E-state index contributed by atoms with van der Waals surface area (Å²) >= 11 is 0. The number of nitrogens with zero attached hydrogens (tertiary/aromatic N) is 3. The molecule has 7 heteroatoms. The van der Waals surface area contributed by atoms with Crippen LogP contribution in [0.5, 0.6) is 0 Å². The fraction of sp³-hybridized carbons (Fsp3) is 0.231. The average Bonchev–Trinajstić information content (AvgIpc) is 2.64. The lowest BCUT2D eigenvalue weighted by Gasteiger charge is -2.05. The van der Waals surface area contributed by atoms with Crippen LogP contribution in [-0.4, -0.2) is 18.2 Å². The molecule has 0 bridgehead atoms. The molecule has 1 aromatic carbocycles. The fourth-order valence-corrected chi connectivity index (χ4v) is 3.57. The minimum absolute atomic E-state index is 0.0628. The molecule has 0 aliphatic carbocycles. The van der Waals surface area contributed by atoms with Crippen molar-refractivity contribution in [2.75, 3.05) is 0 Å². The van der Waals surface area contributed by atoms with Gasteiger partial charge in [0.2, 0.25) is 0 Å². The molecule has 0 saturated heterocycles. The van der Waals surface area contributed by atoms with Gasteiger partial charge in [-0.1, -0.05) is 12.1 Å². The van der Waals surface area contributed by atoms with Gasteiger partial charge in [-0.15, -0.1) is 0 Å². The van der Waals surface area contributed by atoms with Crippen molar-refractivity contribution in [3.63, 3.8) is 0 Å². The first-order valence-corrected chi connectivity index (χ1v) is 8.11. The number of aryl methyl sites for hydroxylation is 1. The van der Waals surface area contributed by atoms with Gasteiger partial charge in [0.25, 0.3) is 9.05 Å². The number of aromatic nitrogens is 2. The molecule has 1 aromatic heterocycles. The van der Waals surface area contributed by atoms with Gasteiger partial charge >= 0.3 is 0 Å². The molecule has 0 amide bonds. The lowest BCUT2D eigenvalue weighted by molar-refractivity contribution is 0.607. The zero-order valence-electron chi connectivity index (χ0n) is 11.0. The first-order chi connectivity index (χ1) is 9.32. The van der Waals surface area contributed by atoms with Gasteiger partial charge in [-0.25, -0.2) is 8.42 Å². The third-order valence-corrected chi connectivity index (χ3v) is 4.52. The molecule has 20 heavy (non-hydrogen) atoms. The van der Waals surface area contributed by atoms with E-state index in [1.807, 2.05) is 18.2 Å². The first kappa shape index (κ1) is 14.6. The summed E-state index contributed by atoms with van der Waals surface area (Å²) < 4.78 is 24.6. The second kappa shape index (κ2) is 5.27. The highest BCUT2D eigenvalue weighted by atomic mass is 35.7. The van der Waals surface area contributed by atoms with Gasteiger partial charge in [-0.2, -0.15) is 10.4 Å². The van der Waals surface area contributed by atoms with Crippen LogP contribution in [0.2, 0.25) is 0 Å². The van der Waals surface area contributed by atoms with Crippen molar-refractivity contribution in [1.29, 1.82) is 5.26 Å². The molecular formula is C13H12ClN3O2S. The lowest BCUT2D eigenvalue weighted by atomic mass is 10.1. The molecule has 104 valence electrons. The Balaban J connectivity index is 2.38. The summed E-state index contributed by atoms with van der Waals surface area (Å²) in [6.45, 7) is 3.70. The van der Waals surface area contributed by atoms with Crippen molar-refractivity contribution >= 4 is 19.7 Å². The number of halogens is 1. The second-order valence-electron chi connectivity index (χ2n) is 4.40. The maximum Gasteiger partial charge on any atom is 0.264 e. The number of benzene rings is 1. The van der Waals surface area contributed by atoms with Gasteiger partial charge in [0, 0.05) is 10.7 Å². The predicted molar refractivity (Wildman–Crippen MR) is 75.0 cm³/mol. The molecule has 2 aromatic rings. The number of hydrogen-bond donors (Lipinski definition) is 0. The van der Waals surface area contributed by atoms with Crippen molar-refractivity contribution in [2.24, 2.45) is 0 Å². The summed E-state index contributed by atoms with van der Waals surface area (Å²) in [6.07, 6.45) is 0. The predicted octanol–water partition coefficient (Wildman–Crippen LogP) is 2.35.